The van der Waals surface area contributed by atoms with Gasteiger partial charge in [0, 0.05) is 17.2 Å². The number of esters is 1. The van der Waals surface area contributed by atoms with Crippen LogP contribution in [0.4, 0.5) is 0 Å². The fraction of sp³-hybridized carbons (Fsp3) is 0.120. The Morgan fingerprint density at radius 2 is 1.42 bits per heavy atom. The van der Waals surface area contributed by atoms with Crippen LogP contribution in [0, 0.1) is 0 Å². The van der Waals surface area contributed by atoms with Gasteiger partial charge >= 0.3 is 5.97 Å². The Kier molecular flexibility index (Phi) is 7.06. The Bertz CT molecular complexity index is 1100. The van der Waals surface area contributed by atoms with Crippen molar-refractivity contribution < 1.29 is 28.5 Å². The summed E-state index contributed by atoms with van der Waals surface area (Å²) >= 11 is 0. The standard InChI is InChI=1S/C25H22O6/c1-28-20-14-10-18(24(16-20)30-3)11-15-22(26)17-8-12-19(13-9-17)31-25(27)21-6-4-5-7-23(21)29-2/h4-16H,1-3H3. The van der Waals surface area contributed by atoms with E-state index in [2.05, 4.69) is 0 Å². The van der Waals surface area contributed by atoms with Crippen molar-refractivity contribution in [3.8, 4) is 23.0 Å². The summed E-state index contributed by atoms with van der Waals surface area (Å²) in [7, 11) is 4.62. The minimum atomic E-state index is -0.539. The first-order valence-electron chi connectivity index (χ1n) is 9.45. The van der Waals surface area contributed by atoms with Crippen LogP contribution < -0.4 is 18.9 Å². The molecule has 0 saturated heterocycles. The average molecular weight is 418 g/mol. The summed E-state index contributed by atoms with van der Waals surface area (Å²) in [6.07, 6.45) is 3.14. The Morgan fingerprint density at radius 1 is 0.742 bits per heavy atom. The SMILES string of the molecule is COc1ccc(C=CC(=O)c2ccc(OC(=O)c3ccccc3OC)cc2)c(OC)c1. The molecule has 0 saturated carbocycles. The van der Waals surface area contributed by atoms with Gasteiger partial charge in [0.25, 0.3) is 0 Å². The van der Waals surface area contributed by atoms with Gasteiger partial charge in [-0.25, -0.2) is 4.79 Å². The van der Waals surface area contributed by atoms with Crippen LogP contribution in [-0.2, 0) is 0 Å². The lowest BCUT2D eigenvalue weighted by atomic mass is 10.1. The number of hydrogen-bond acceptors (Lipinski definition) is 6. The van der Waals surface area contributed by atoms with Gasteiger partial charge in [-0.15, -0.1) is 0 Å². The second-order valence-corrected chi connectivity index (χ2v) is 6.42. The Labute approximate surface area is 180 Å². The van der Waals surface area contributed by atoms with Crippen molar-refractivity contribution >= 4 is 17.8 Å². The van der Waals surface area contributed by atoms with Gasteiger partial charge in [0.05, 0.1) is 21.3 Å². The molecule has 0 atom stereocenters. The zero-order valence-corrected chi connectivity index (χ0v) is 17.5. The Morgan fingerprint density at radius 3 is 2.10 bits per heavy atom. The molecule has 3 rings (SSSR count). The van der Waals surface area contributed by atoms with E-state index in [0.29, 0.717) is 34.1 Å². The zero-order valence-electron chi connectivity index (χ0n) is 17.5. The second-order valence-electron chi connectivity index (χ2n) is 6.42. The van der Waals surface area contributed by atoms with Crippen molar-refractivity contribution in [1.29, 1.82) is 0 Å². The highest BCUT2D eigenvalue weighted by Crippen LogP contribution is 2.26. The molecule has 0 aliphatic carbocycles. The van der Waals surface area contributed by atoms with Crippen LogP contribution >= 0.6 is 0 Å². The molecule has 0 aromatic heterocycles. The molecule has 0 amide bonds. The predicted molar refractivity (Wildman–Crippen MR) is 117 cm³/mol. The average Bonchev–Trinajstić information content (AvgIpc) is 2.82. The molecule has 0 N–H and O–H groups in total. The number of allylic oxidation sites excluding steroid dienone is 1. The molecule has 0 bridgehead atoms. The number of methoxy groups -OCH3 is 3. The third kappa shape index (κ3) is 5.30. The van der Waals surface area contributed by atoms with Crippen molar-refractivity contribution in [3.05, 3.63) is 89.5 Å². The van der Waals surface area contributed by atoms with Gasteiger partial charge in [-0.05, 0) is 60.7 Å². The summed E-state index contributed by atoms with van der Waals surface area (Å²) in [6, 6.07) is 18.5. The summed E-state index contributed by atoms with van der Waals surface area (Å²) in [4.78, 5) is 24.9. The lowest BCUT2D eigenvalue weighted by Crippen LogP contribution is -2.10. The van der Waals surface area contributed by atoms with Gasteiger partial charge in [-0.2, -0.15) is 0 Å². The number of carbonyl (C=O) groups is 2. The van der Waals surface area contributed by atoms with E-state index in [4.69, 9.17) is 18.9 Å². The third-order valence-corrected chi connectivity index (χ3v) is 4.53. The summed E-state index contributed by atoms with van der Waals surface area (Å²) < 4.78 is 21.1. The molecule has 0 radical (unpaired) electrons. The number of benzene rings is 3. The molecule has 3 aromatic carbocycles. The van der Waals surface area contributed by atoms with Crippen LogP contribution in [0.2, 0.25) is 0 Å². The van der Waals surface area contributed by atoms with Gasteiger partial charge in [-0.1, -0.05) is 12.1 Å². The van der Waals surface area contributed by atoms with Crippen LogP contribution in [0.1, 0.15) is 26.3 Å². The molecule has 0 aliphatic rings. The Balaban J connectivity index is 1.69. The fourth-order valence-electron chi connectivity index (χ4n) is 2.88. The first-order chi connectivity index (χ1) is 15.0. The maximum atomic E-state index is 12.5. The van der Waals surface area contributed by atoms with Crippen LogP contribution in [0.3, 0.4) is 0 Å². The molecule has 6 nitrogen and oxygen atoms in total. The summed E-state index contributed by atoms with van der Waals surface area (Å²) in [5, 5.41) is 0. The van der Waals surface area contributed by atoms with Crippen molar-refractivity contribution in [1.82, 2.24) is 0 Å². The van der Waals surface area contributed by atoms with Crippen LogP contribution in [0.25, 0.3) is 6.08 Å². The third-order valence-electron chi connectivity index (χ3n) is 4.53. The fourth-order valence-corrected chi connectivity index (χ4v) is 2.88. The van der Waals surface area contributed by atoms with Gasteiger partial charge in [-0.3, -0.25) is 4.79 Å². The molecule has 3 aromatic rings. The molecule has 0 aliphatic heterocycles. The number of carbonyl (C=O) groups excluding carboxylic acids is 2. The van der Waals surface area contributed by atoms with E-state index in [1.165, 1.54) is 13.2 Å². The smallest absolute Gasteiger partial charge is 0.347 e. The first-order valence-corrected chi connectivity index (χ1v) is 9.45. The van der Waals surface area contributed by atoms with Gasteiger partial charge in [0.1, 0.15) is 28.6 Å². The topological polar surface area (TPSA) is 71.1 Å². The molecule has 158 valence electrons. The predicted octanol–water partition coefficient (Wildman–Crippen LogP) is 4.83. The lowest BCUT2D eigenvalue weighted by molar-refractivity contribution is 0.0731. The quantitative estimate of drug-likeness (QED) is 0.226. The van der Waals surface area contributed by atoms with E-state index in [1.807, 2.05) is 6.07 Å². The van der Waals surface area contributed by atoms with Gasteiger partial charge in [0.2, 0.25) is 0 Å². The molecule has 6 heteroatoms. The molecular weight excluding hydrogens is 396 g/mol. The maximum absolute atomic E-state index is 12.5. The first kappa shape index (κ1) is 21.6. The van der Waals surface area contributed by atoms with E-state index in [1.54, 1.807) is 81.0 Å². The molecule has 0 heterocycles. The highest BCUT2D eigenvalue weighted by Gasteiger charge is 2.14. The van der Waals surface area contributed by atoms with E-state index in [-0.39, 0.29) is 5.78 Å². The largest absolute Gasteiger partial charge is 0.497 e. The highest BCUT2D eigenvalue weighted by atomic mass is 16.5. The van der Waals surface area contributed by atoms with E-state index in [0.717, 1.165) is 5.56 Å². The normalized spacial score (nSPS) is 10.5. The Hall–Kier alpha value is -4.06. The van der Waals surface area contributed by atoms with E-state index >= 15 is 0 Å². The minimum absolute atomic E-state index is 0.194. The molecular formula is C25H22O6. The van der Waals surface area contributed by atoms with Gasteiger partial charge < -0.3 is 18.9 Å². The zero-order chi connectivity index (χ0) is 22.2. The monoisotopic (exact) mass is 418 g/mol. The van der Waals surface area contributed by atoms with Gasteiger partial charge in [0.15, 0.2) is 5.78 Å². The highest BCUT2D eigenvalue weighted by molar-refractivity contribution is 6.07. The summed E-state index contributed by atoms with van der Waals surface area (Å²) in [5.74, 6) is 1.29. The summed E-state index contributed by atoms with van der Waals surface area (Å²) in [5.41, 5.74) is 1.53. The van der Waals surface area contributed by atoms with E-state index < -0.39 is 5.97 Å². The number of ketones is 1. The molecule has 0 unspecified atom stereocenters. The second kappa shape index (κ2) is 10.1. The van der Waals surface area contributed by atoms with Crippen molar-refractivity contribution in [2.45, 2.75) is 0 Å². The maximum Gasteiger partial charge on any atom is 0.347 e. The van der Waals surface area contributed by atoms with E-state index in [9.17, 15) is 9.59 Å². The number of para-hydroxylation sites is 1. The number of rotatable bonds is 8. The lowest BCUT2D eigenvalue weighted by Gasteiger charge is -2.08. The minimum Gasteiger partial charge on any atom is -0.497 e. The van der Waals surface area contributed by atoms with Crippen molar-refractivity contribution in [2.75, 3.05) is 21.3 Å². The summed E-state index contributed by atoms with van der Waals surface area (Å²) in [6.45, 7) is 0. The molecule has 31 heavy (non-hydrogen) atoms. The molecule has 0 spiro atoms. The molecule has 0 fully saturated rings. The van der Waals surface area contributed by atoms with Crippen LogP contribution in [0.15, 0.2) is 72.8 Å². The van der Waals surface area contributed by atoms with Crippen LogP contribution in [0.5, 0.6) is 23.0 Å². The number of ether oxygens (including phenoxy) is 4. The number of hydrogen-bond donors (Lipinski definition) is 0. The van der Waals surface area contributed by atoms with Crippen molar-refractivity contribution in [2.24, 2.45) is 0 Å². The van der Waals surface area contributed by atoms with Crippen LogP contribution in [-0.4, -0.2) is 33.1 Å². The van der Waals surface area contributed by atoms with Crippen molar-refractivity contribution in [3.63, 3.8) is 0 Å².